The fraction of sp³-hybridized carbons (Fsp3) is 0.636. The zero-order valence-electron chi connectivity index (χ0n) is 27.8. The number of fused-ring (bicyclic) bond motifs is 1. The number of primary amides is 1. The molecule has 15 nitrogen and oxygen atoms in total. The second kappa shape index (κ2) is 15.0. The Kier molecular flexibility index (Phi) is 10.8. The number of aromatic nitrogens is 2. The molecule has 4 fully saturated rings. The van der Waals surface area contributed by atoms with Crippen LogP contribution in [0.15, 0.2) is 23.0 Å². The van der Waals surface area contributed by atoms with Gasteiger partial charge in [-0.05, 0) is 63.0 Å². The summed E-state index contributed by atoms with van der Waals surface area (Å²) in [4.78, 5) is 50.7. The first-order valence-corrected chi connectivity index (χ1v) is 18.5. The lowest BCUT2D eigenvalue weighted by Gasteiger charge is -2.39. The summed E-state index contributed by atoms with van der Waals surface area (Å²) in [5.41, 5.74) is 6.67. The molecule has 0 bridgehead atoms. The van der Waals surface area contributed by atoms with Crippen LogP contribution in [-0.2, 0) is 36.3 Å². The number of carbonyl (C=O) groups excluding carboxylic acids is 3. The Morgan fingerprint density at radius 3 is 2.24 bits per heavy atom. The third-order valence-corrected chi connectivity index (χ3v) is 12.2. The zero-order chi connectivity index (χ0) is 34.7. The molecule has 49 heavy (non-hydrogen) atoms. The fourth-order valence-corrected chi connectivity index (χ4v) is 9.19. The summed E-state index contributed by atoms with van der Waals surface area (Å²) in [5.74, 6) is 5.89. The van der Waals surface area contributed by atoms with Crippen LogP contribution in [0.2, 0.25) is 0 Å². The number of aryl methyl sites for hydroxylation is 1. The number of imidazole rings is 1. The maximum atomic E-state index is 13.2. The summed E-state index contributed by atoms with van der Waals surface area (Å²) < 4.78 is 43.6. The molecule has 0 saturated carbocycles. The first-order valence-electron chi connectivity index (χ1n) is 17.1. The Morgan fingerprint density at radius 1 is 0.939 bits per heavy atom. The van der Waals surface area contributed by atoms with Crippen molar-refractivity contribution in [3.05, 3.63) is 34.2 Å². The fourth-order valence-electron chi connectivity index (χ4n) is 7.51. The molecular formula is C33H45N7O8S. The minimum atomic E-state index is -3.54. The Bertz CT molecular complexity index is 1790. The molecule has 0 spiro atoms. The van der Waals surface area contributed by atoms with Crippen LogP contribution in [-0.4, -0.2) is 114 Å². The molecule has 0 radical (unpaired) electrons. The number of nitrogens with two attached hydrogens (primary N) is 1. The number of imide groups is 1. The van der Waals surface area contributed by atoms with Gasteiger partial charge in [-0.15, -0.1) is 0 Å². The van der Waals surface area contributed by atoms with Crippen LogP contribution in [0.1, 0.15) is 63.0 Å². The van der Waals surface area contributed by atoms with Gasteiger partial charge in [-0.3, -0.25) is 24.0 Å². The predicted octanol–water partition coefficient (Wildman–Crippen LogP) is 0.667. The quantitative estimate of drug-likeness (QED) is 0.296. The van der Waals surface area contributed by atoms with Crippen LogP contribution in [0.5, 0.6) is 0 Å². The minimum absolute atomic E-state index is 0.101. The van der Waals surface area contributed by atoms with Gasteiger partial charge in [0.05, 0.1) is 22.7 Å². The van der Waals surface area contributed by atoms with E-state index in [1.54, 1.807) is 17.4 Å². The number of para-hydroxylation sites is 1. The highest BCUT2D eigenvalue weighted by atomic mass is 32.2. The van der Waals surface area contributed by atoms with Gasteiger partial charge >= 0.3 is 11.8 Å². The smallest absolute Gasteiger partial charge is 0.404 e. The second-order valence-corrected chi connectivity index (χ2v) is 15.3. The summed E-state index contributed by atoms with van der Waals surface area (Å²) in [6.45, 7) is 4.67. The number of ether oxygens (including phenoxy) is 2. The van der Waals surface area contributed by atoms with Crippen molar-refractivity contribution in [2.24, 2.45) is 18.7 Å². The Hall–Kier alpha value is -3.75. The van der Waals surface area contributed by atoms with Gasteiger partial charge in [0.1, 0.15) is 18.8 Å². The molecule has 1 aromatic heterocycles. The van der Waals surface area contributed by atoms with Crippen LogP contribution in [0.4, 0.5) is 4.79 Å². The molecule has 2 aromatic rings. The van der Waals surface area contributed by atoms with Crippen LogP contribution >= 0.6 is 0 Å². The summed E-state index contributed by atoms with van der Waals surface area (Å²) in [5, 5.41) is 2.33. The molecule has 1 atom stereocenters. The summed E-state index contributed by atoms with van der Waals surface area (Å²) in [6.07, 6.45) is 3.73. The van der Waals surface area contributed by atoms with Crippen molar-refractivity contribution in [3.63, 3.8) is 0 Å². The van der Waals surface area contributed by atoms with E-state index in [-0.39, 0.29) is 43.3 Å². The normalized spacial score (nSPS) is 22.9. The first-order chi connectivity index (χ1) is 23.5. The van der Waals surface area contributed by atoms with Crippen molar-refractivity contribution in [2.75, 3.05) is 52.4 Å². The molecule has 1 aromatic carbocycles. The third kappa shape index (κ3) is 7.86. The molecule has 3 amide bonds. The Balaban J connectivity index is 0.943. The van der Waals surface area contributed by atoms with Gasteiger partial charge in [-0.2, -0.15) is 17.0 Å². The number of piperidine rings is 4. The van der Waals surface area contributed by atoms with Crippen molar-refractivity contribution in [1.82, 2.24) is 28.0 Å². The van der Waals surface area contributed by atoms with Crippen molar-refractivity contribution >= 4 is 39.2 Å². The van der Waals surface area contributed by atoms with Crippen molar-refractivity contribution in [2.45, 2.75) is 69.6 Å². The Morgan fingerprint density at radius 2 is 1.59 bits per heavy atom. The van der Waals surface area contributed by atoms with E-state index in [0.717, 1.165) is 45.3 Å². The molecular weight excluding hydrogens is 654 g/mol. The van der Waals surface area contributed by atoms with E-state index in [0.29, 0.717) is 61.5 Å². The minimum Gasteiger partial charge on any atom is -0.446 e. The number of hydrogen-bond acceptors (Lipinski definition) is 9. The molecule has 4 saturated heterocycles. The van der Waals surface area contributed by atoms with Gasteiger partial charge in [-0.1, -0.05) is 17.9 Å². The van der Waals surface area contributed by atoms with Gasteiger partial charge < -0.3 is 20.1 Å². The van der Waals surface area contributed by atoms with Crippen molar-refractivity contribution in [1.29, 1.82) is 0 Å². The largest absolute Gasteiger partial charge is 0.446 e. The average molecular weight is 700 g/mol. The maximum absolute atomic E-state index is 13.2. The number of rotatable bonds is 8. The van der Waals surface area contributed by atoms with E-state index in [1.807, 2.05) is 12.1 Å². The number of likely N-dealkylation sites (tertiary alicyclic amines) is 1. The van der Waals surface area contributed by atoms with Crippen LogP contribution in [0.25, 0.3) is 11.0 Å². The molecule has 266 valence electrons. The third-order valence-electron chi connectivity index (χ3n) is 10.2. The molecule has 4 aliphatic heterocycles. The maximum Gasteiger partial charge on any atom is 0.404 e. The van der Waals surface area contributed by atoms with E-state index >= 15 is 0 Å². The number of nitrogens with zero attached hydrogens (tertiary/aromatic N) is 5. The van der Waals surface area contributed by atoms with E-state index in [9.17, 15) is 27.6 Å². The van der Waals surface area contributed by atoms with Crippen molar-refractivity contribution < 1.29 is 32.3 Å². The van der Waals surface area contributed by atoms with Gasteiger partial charge in [0.25, 0.3) is 10.2 Å². The lowest BCUT2D eigenvalue weighted by molar-refractivity contribution is -0.135. The number of hydrogen-bond donors (Lipinski definition) is 2. The monoisotopic (exact) mass is 699 g/mol. The molecule has 6 rings (SSSR count). The predicted molar refractivity (Wildman–Crippen MR) is 179 cm³/mol. The van der Waals surface area contributed by atoms with Gasteiger partial charge in [0, 0.05) is 59.3 Å². The highest BCUT2D eigenvalue weighted by Gasteiger charge is 2.36. The number of carbonyl (C=O) groups is 3. The average Bonchev–Trinajstić information content (AvgIpc) is 3.33. The summed E-state index contributed by atoms with van der Waals surface area (Å²) in [6, 6.07) is 4.69. The molecule has 5 heterocycles. The standard InChI is InChI=1S/C33H45N7O8S/c1-36-30-24(4-2-6-27(30)40(33(36)44)28-7-8-29(41)35-31(28)42)5-3-21-47-25-11-15-37(16-12-25)22-23-9-17-38(18-10-23)49(45,46)39-19-13-26(14-20-39)48-32(34)43/h2,4,6,23,25-26,28H,7-22H2,1H3,(H2,34,43)(H,35,41,42). The molecule has 16 heteroatoms. The summed E-state index contributed by atoms with van der Waals surface area (Å²) in [7, 11) is -1.88. The first kappa shape index (κ1) is 35.1. The van der Waals surface area contributed by atoms with Gasteiger partial charge in [0.2, 0.25) is 11.8 Å². The van der Waals surface area contributed by atoms with Crippen LogP contribution in [0.3, 0.4) is 0 Å². The number of nitrogens with one attached hydrogen (secondary N) is 1. The lowest BCUT2D eigenvalue weighted by atomic mass is 9.96. The van der Waals surface area contributed by atoms with Crippen LogP contribution < -0.4 is 16.7 Å². The number of benzene rings is 1. The van der Waals surface area contributed by atoms with Crippen LogP contribution in [0, 0.1) is 17.8 Å². The molecule has 1 unspecified atom stereocenters. The summed E-state index contributed by atoms with van der Waals surface area (Å²) >= 11 is 0. The SMILES string of the molecule is Cn1c(=O)n(C2CCC(=O)NC2=O)c2cccc(C#CCOC3CCN(CC4CCN(S(=O)(=O)N5CCC(OC(N)=O)CC5)CC4)CC3)c21. The van der Waals surface area contributed by atoms with E-state index < -0.39 is 28.3 Å². The number of amides is 3. The van der Waals surface area contributed by atoms with E-state index in [1.165, 1.54) is 13.4 Å². The van der Waals surface area contributed by atoms with E-state index in [4.69, 9.17) is 15.2 Å². The molecule has 0 aliphatic carbocycles. The Labute approximate surface area is 285 Å². The van der Waals surface area contributed by atoms with E-state index in [2.05, 4.69) is 22.1 Å². The second-order valence-electron chi connectivity index (χ2n) is 13.4. The zero-order valence-corrected chi connectivity index (χ0v) is 28.7. The highest BCUT2D eigenvalue weighted by molar-refractivity contribution is 7.86. The topological polar surface area (TPSA) is 179 Å². The lowest BCUT2D eigenvalue weighted by Crippen LogP contribution is -2.51. The molecule has 4 aliphatic rings. The van der Waals surface area contributed by atoms with Crippen molar-refractivity contribution in [3.8, 4) is 11.8 Å². The highest BCUT2D eigenvalue weighted by Crippen LogP contribution is 2.27. The van der Waals surface area contributed by atoms with Gasteiger partial charge in [-0.25, -0.2) is 9.59 Å². The molecule has 3 N–H and O–H groups in total. The van der Waals surface area contributed by atoms with Gasteiger partial charge in [0.15, 0.2) is 0 Å².